The number of hydrogen-bond donors (Lipinski definition) is 0. The molecule has 0 saturated carbocycles. The molecule has 2 rings (SSSR count). The highest BCUT2D eigenvalue weighted by Gasteiger charge is 2.14. The third-order valence-electron chi connectivity index (χ3n) is 3.19. The van der Waals surface area contributed by atoms with Crippen LogP contribution in [0, 0.1) is 0 Å². The van der Waals surface area contributed by atoms with Crippen molar-refractivity contribution in [2.24, 2.45) is 0 Å². The molecule has 0 aliphatic rings. The highest BCUT2D eigenvalue weighted by atomic mass is 16.5. The van der Waals surface area contributed by atoms with Crippen LogP contribution >= 0.6 is 0 Å². The lowest BCUT2D eigenvalue weighted by Gasteiger charge is -2.17. The van der Waals surface area contributed by atoms with Gasteiger partial charge in [-0.25, -0.2) is 4.79 Å². The van der Waals surface area contributed by atoms with Crippen molar-refractivity contribution < 1.29 is 19.1 Å². The molecule has 0 unspecified atom stereocenters. The fraction of sp³-hybridized carbons (Fsp3) is 0.235. The smallest absolute Gasteiger partial charge is 0.339 e. The van der Waals surface area contributed by atoms with Crippen molar-refractivity contribution in [1.29, 1.82) is 0 Å². The molecule has 6 heteroatoms. The SMILES string of the molecule is COC(=O)c1ccc(C(=O)N(C)CCOc2ccccc2)nc1. The number of carbonyl (C=O) groups is 2. The summed E-state index contributed by atoms with van der Waals surface area (Å²) in [6.07, 6.45) is 1.33. The minimum absolute atomic E-state index is 0.238. The lowest BCUT2D eigenvalue weighted by molar-refractivity contribution is 0.0599. The Morgan fingerprint density at radius 3 is 2.48 bits per heavy atom. The highest BCUT2D eigenvalue weighted by Crippen LogP contribution is 2.08. The van der Waals surface area contributed by atoms with Gasteiger partial charge >= 0.3 is 5.97 Å². The first-order valence-electron chi connectivity index (χ1n) is 7.09. The predicted molar refractivity (Wildman–Crippen MR) is 84.5 cm³/mol. The molecule has 0 saturated heterocycles. The molecule has 0 radical (unpaired) electrons. The third kappa shape index (κ3) is 4.54. The van der Waals surface area contributed by atoms with E-state index in [9.17, 15) is 9.59 Å². The lowest BCUT2D eigenvalue weighted by atomic mass is 10.2. The van der Waals surface area contributed by atoms with Crippen molar-refractivity contribution in [3.63, 3.8) is 0 Å². The van der Waals surface area contributed by atoms with Gasteiger partial charge in [0.15, 0.2) is 0 Å². The summed E-state index contributed by atoms with van der Waals surface area (Å²) in [6, 6.07) is 12.4. The Balaban J connectivity index is 1.88. The molecule has 0 spiro atoms. The van der Waals surface area contributed by atoms with E-state index >= 15 is 0 Å². The molecular weight excluding hydrogens is 296 g/mol. The van der Waals surface area contributed by atoms with Crippen LogP contribution in [0.5, 0.6) is 5.75 Å². The number of nitrogens with zero attached hydrogens (tertiary/aromatic N) is 2. The Hall–Kier alpha value is -2.89. The van der Waals surface area contributed by atoms with E-state index in [1.165, 1.54) is 30.3 Å². The van der Waals surface area contributed by atoms with Gasteiger partial charge in [-0.2, -0.15) is 0 Å². The van der Waals surface area contributed by atoms with E-state index in [0.29, 0.717) is 18.7 Å². The number of likely N-dealkylation sites (N-methyl/N-ethyl adjacent to an activating group) is 1. The maximum atomic E-state index is 12.2. The summed E-state index contributed by atoms with van der Waals surface area (Å²) < 4.78 is 10.1. The van der Waals surface area contributed by atoms with Crippen LogP contribution in [0.15, 0.2) is 48.7 Å². The number of aromatic nitrogens is 1. The summed E-state index contributed by atoms with van der Waals surface area (Å²) in [6.45, 7) is 0.806. The van der Waals surface area contributed by atoms with Crippen molar-refractivity contribution in [3.8, 4) is 5.75 Å². The molecule has 0 fully saturated rings. The molecule has 0 aliphatic heterocycles. The number of carbonyl (C=O) groups excluding carboxylic acids is 2. The van der Waals surface area contributed by atoms with Gasteiger partial charge in [-0.15, -0.1) is 0 Å². The van der Waals surface area contributed by atoms with Crippen LogP contribution in [-0.2, 0) is 4.74 Å². The van der Waals surface area contributed by atoms with E-state index in [0.717, 1.165) is 5.75 Å². The summed E-state index contributed by atoms with van der Waals surface area (Å²) in [5.74, 6) is 0.0353. The molecule has 23 heavy (non-hydrogen) atoms. The second-order valence-electron chi connectivity index (χ2n) is 4.81. The highest BCUT2D eigenvalue weighted by molar-refractivity contribution is 5.94. The van der Waals surface area contributed by atoms with Crippen LogP contribution in [0.4, 0.5) is 0 Å². The molecule has 2 aromatic rings. The molecule has 0 aliphatic carbocycles. The fourth-order valence-corrected chi connectivity index (χ4v) is 1.87. The Morgan fingerprint density at radius 1 is 1.13 bits per heavy atom. The van der Waals surface area contributed by atoms with Gasteiger partial charge < -0.3 is 14.4 Å². The average Bonchev–Trinajstić information content (AvgIpc) is 2.61. The quantitative estimate of drug-likeness (QED) is 0.763. The summed E-state index contributed by atoms with van der Waals surface area (Å²) in [4.78, 5) is 29.1. The molecule has 1 amide bonds. The Morgan fingerprint density at radius 2 is 1.87 bits per heavy atom. The topological polar surface area (TPSA) is 68.7 Å². The first-order chi connectivity index (χ1) is 11.1. The maximum absolute atomic E-state index is 12.2. The Bertz CT molecular complexity index is 656. The zero-order valence-electron chi connectivity index (χ0n) is 13.1. The van der Waals surface area contributed by atoms with E-state index in [4.69, 9.17) is 4.74 Å². The molecule has 0 N–H and O–H groups in total. The second-order valence-corrected chi connectivity index (χ2v) is 4.81. The van der Waals surface area contributed by atoms with E-state index in [-0.39, 0.29) is 11.6 Å². The molecule has 0 bridgehead atoms. The van der Waals surface area contributed by atoms with Gasteiger partial charge in [0.05, 0.1) is 19.2 Å². The van der Waals surface area contributed by atoms with Gasteiger partial charge in [-0.05, 0) is 24.3 Å². The number of amides is 1. The fourth-order valence-electron chi connectivity index (χ4n) is 1.87. The number of rotatable bonds is 6. The van der Waals surface area contributed by atoms with Crippen LogP contribution in [0.1, 0.15) is 20.8 Å². The van der Waals surface area contributed by atoms with Crippen molar-refractivity contribution in [2.75, 3.05) is 27.3 Å². The largest absolute Gasteiger partial charge is 0.492 e. The first-order valence-corrected chi connectivity index (χ1v) is 7.09. The number of para-hydroxylation sites is 1. The first kappa shape index (κ1) is 16.5. The number of esters is 1. The minimum atomic E-state index is -0.485. The van der Waals surface area contributed by atoms with Gasteiger partial charge in [0, 0.05) is 13.2 Å². The number of pyridine rings is 1. The number of hydrogen-bond acceptors (Lipinski definition) is 5. The number of methoxy groups -OCH3 is 1. The number of benzene rings is 1. The summed E-state index contributed by atoms with van der Waals surface area (Å²) in [5, 5.41) is 0. The molecule has 120 valence electrons. The lowest BCUT2D eigenvalue weighted by Crippen LogP contribution is -2.31. The third-order valence-corrected chi connectivity index (χ3v) is 3.19. The van der Waals surface area contributed by atoms with E-state index < -0.39 is 5.97 Å². The van der Waals surface area contributed by atoms with Crippen LogP contribution in [0.25, 0.3) is 0 Å². The van der Waals surface area contributed by atoms with Gasteiger partial charge in [0.2, 0.25) is 0 Å². The monoisotopic (exact) mass is 314 g/mol. The molecular formula is C17H18N2O4. The zero-order chi connectivity index (χ0) is 16.7. The standard InChI is InChI=1S/C17H18N2O4/c1-19(10-11-23-14-6-4-3-5-7-14)16(20)15-9-8-13(12-18-15)17(21)22-2/h3-9,12H,10-11H2,1-2H3. The number of ether oxygens (including phenoxy) is 2. The van der Waals surface area contributed by atoms with Gasteiger partial charge in [-0.3, -0.25) is 9.78 Å². The van der Waals surface area contributed by atoms with Crippen molar-refractivity contribution in [1.82, 2.24) is 9.88 Å². The normalized spacial score (nSPS) is 10.0. The van der Waals surface area contributed by atoms with Crippen LogP contribution in [0.2, 0.25) is 0 Å². The minimum Gasteiger partial charge on any atom is -0.492 e. The summed E-state index contributed by atoms with van der Waals surface area (Å²) >= 11 is 0. The summed E-state index contributed by atoms with van der Waals surface area (Å²) in [5.41, 5.74) is 0.568. The van der Waals surface area contributed by atoms with Crippen LogP contribution < -0.4 is 4.74 Å². The van der Waals surface area contributed by atoms with Gasteiger partial charge in [0.25, 0.3) is 5.91 Å². The van der Waals surface area contributed by atoms with E-state index in [1.54, 1.807) is 7.05 Å². The predicted octanol–water partition coefficient (Wildman–Crippen LogP) is 2.02. The van der Waals surface area contributed by atoms with Gasteiger partial charge in [-0.1, -0.05) is 18.2 Å². The van der Waals surface area contributed by atoms with Crippen LogP contribution in [-0.4, -0.2) is 49.1 Å². The van der Waals surface area contributed by atoms with Crippen molar-refractivity contribution in [2.45, 2.75) is 0 Å². The van der Waals surface area contributed by atoms with E-state index in [2.05, 4.69) is 9.72 Å². The van der Waals surface area contributed by atoms with Gasteiger partial charge in [0.1, 0.15) is 18.1 Å². The second kappa shape index (κ2) is 7.93. The van der Waals surface area contributed by atoms with Crippen LogP contribution in [0.3, 0.4) is 0 Å². The zero-order valence-corrected chi connectivity index (χ0v) is 13.1. The molecule has 1 aromatic carbocycles. The van der Waals surface area contributed by atoms with E-state index in [1.807, 2.05) is 30.3 Å². The average molecular weight is 314 g/mol. The maximum Gasteiger partial charge on any atom is 0.339 e. The molecule has 1 aromatic heterocycles. The molecule has 0 atom stereocenters. The molecule has 1 heterocycles. The summed E-state index contributed by atoms with van der Waals surface area (Å²) in [7, 11) is 2.97. The molecule has 6 nitrogen and oxygen atoms in total. The Kier molecular flexibility index (Phi) is 5.68. The Labute approximate surface area is 134 Å². The van der Waals surface area contributed by atoms with Crippen molar-refractivity contribution in [3.05, 3.63) is 59.9 Å². The van der Waals surface area contributed by atoms with Crippen molar-refractivity contribution >= 4 is 11.9 Å².